The molecule has 2 aliphatic rings. The van der Waals surface area contributed by atoms with Crippen molar-refractivity contribution in [1.82, 2.24) is 4.90 Å². The van der Waals surface area contributed by atoms with E-state index in [-0.39, 0.29) is 29.4 Å². The number of likely N-dealkylation sites (tertiary alicyclic amines) is 1. The molecule has 0 bridgehead atoms. The molecule has 1 saturated carbocycles. The van der Waals surface area contributed by atoms with Crippen molar-refractivity contribution >= 4 is 23.3 Å². The zero-order valence-corrected chi connectivity index (χ0v) is 13.4. The molecule has 0 aromatic heterocycles. The molecule has 1 heterocycles. The van der Waals surface area contributed by atoms with Crippen LogP contribution in [-0.2, 0) is 9.59 Å². The average molecular weight is 314 g/mol. The lowest BCUT2D eigenvalue weighted by Crippen LogP contribution is -2.37. The molecule has 1 aromatic carbocycles. The SMILES string of the molecule is CC(=O)c1ccc(NC(=O)C2CC2C(=O)N2CCCCC2)cc1. The molecule has 5 heteroatoms. The number of amides is 2. The highest BCUT2D eigenvalue weighted by molar-refractivity contribution is 6.00. The maximum Gasteiger partial charge on any atom is 0.228 e. The fraction of sp³-hybridized carbons (Fsp3) is 0.500. The number of rotatable bonds is 4. The summed E-state index contributed by atoms with van der Waals surface area (Å²) in [5.41, 5.74) is 1.28. The standard InChI is InChI=1S/C18H22N2O3/c1-12(21)13-5-7-14(8-6-13)19-17(22)15-11-16(15)18(23)20-9-3-2-4-10-20/h5-8,15-16H,2-4,9-11H2,1H3,(H,19,22). The third-order valence-corrected chi connectivity index (χ3v) is 4.67. The van der Waals surface area contributed by atoms with Gasteiger partial charge in [0.2, 0.25) is 11.8 Å². The lowest BCUT2D eigenvalue weighted by Gasteiger charge is -2.26. The maximum atomic E-state index is 12.4. The van der Waals surface area contributed by atoms with Crippen LogP contribution < -0.4 is 5.32 Å². The molecule has 2 unspecified atom stereocenters. The molecule has 2 atom stereocenters. The van der Waals surface area contributed by atoms with E-state index in [1.165, 1.54) is 13.3 Å². The lowest BCUT2D eigenvalue weighted by atomic mass is 10.1. The summed E-state index contributed by atoms with van der Waals surface area (Å²) in [6, 6.07) is 6.83. The van der Waals surface area contributed by atoms with Crippen molar-refractivity contribution < 1.29 is 14.4 Å². The van der Waals surface area contributed by atoms with Gasteiger partial charge < -0.3 is 10.2 Å². The van der Waals surface area contributed by atoms with E-state index in [9.17, 15) is 14.4 Å². The fourth-order valence-corrected chi connectivity index (χ4v) is 3.13. The van der Waals surface area contributed by atoms with E-state index in [4.69, 9.17) is 0 Å². The zero-order valence-electron chi connectivity index (χ0n) is 13.4. The first-order valence-electron chi connectivity index (χ1n) is 8.27. The lowest BCUT2D eigenvalue weighted by molar-refractivity contribution is -0.134. The molecule has 1 aromatic rings. The largest absolute Gasteiger partial charge is 0.342 e. The molecule has 2 amide bonds. The van der Waals surface area contributed by atoms with E-state index >= 15 is 0 Å². The number of nitrogens with zero attached hydrogens (tertiary/aromatic N) is 1. The van der Waals surface area contributed by atoms with Crippen LogP contribution in [0.4, 0.5) is 5.69 Å². The van der Waals surface area contributed by atoms with Crippen molar-refractivity contribution in [2.45, 2.75) is 32.6 Å². The van der Waals surface area contributed by atoms with Crippen LogP contribution in [0.25, 0.3) is 0 Å². The highest BCUT2D eigenvalue weighted by atomic mass is 16.2. The van der Waals surface area contributed by atoms with Crippen LogP contribution in [-0.4, -0.2) is 35.6 Å². The van der Waals surface area contributed by atoms with Gasteiger partial charge in [-0.1, -0.05) is 0 Å². The Morgan fingerprint density at radius 2 is 1.65 bits per heavy atom. The van der Waals surface area contributed by atoms with Crippen molar-refractivity contribution in [2.75, 3.05) is 18.4 Å². The number of hydrogen-bond donors (Lipinski definition) is 1. The number of Topliss-reactive ketones (excluding diaryl/α,β-unsaturated/α-hetero) is 1. The van der Waals surface area contributed by atoms with Gasteiger partial charge in [-0.05, 0) is 56.9 Å². The number of nitrogens with one attached hydrogen (secondary N) is 1. The summed E-state index contributed by atoms with van der Waals surface area (Å²) >= 11 is 0. The van der Waals surface area contributed by atoms with Crippen molar-refractivity contribution in [2.24, 2.45) is 11.8 Å². The Kier molecular flexibility index (Phi) is 4.46. The molecule has 2 fully saturated rings. The molecule has 0 spiro atoms. The van der Waals surface area contributed by atoms with Crippen LogP contribution in [0.1, 0.15) is 43.0 Å². The molecular weight excluding hydrogens is 292 g/mol. The molecule has 122 valence electrons. The van der Waals surface area contributed by atoms with E-state index < -0.39 is 0 Å². The van der Waals surface area contributed by atoms with Crippen molar-refractivity contribution in [3.8, 4) is 0 Å². The maximum absolute atomic E-state index is 12.4. The molecule has 1 aliphatic heterocycles. The molecule has 0 radical (unpaired) electrons. The van der Waals surface area contributed by atoms with Crippen molar-refractivity contribution in [3.05, 3.63) is 29.8 Å². The highest BCUT2D eigenvalue weighted by Gasteiger charge is 2.49. The number of anilines is 1. The summed E-state index contributed by atoms with van der Waals surface area (Å²) in [7, 11) is 0. The van der Waals surface area contributed by atoms with Gasteiger partial charge in [0, 0.05) is 24.3 Å². The predicted molar refractivity (Wildman–Crippen MR) is 87.1 cm³/mol. The van der Waals surface area contributed by atoms with Gasteiger partial charge in [0.25, 0.3) is 0 Å². The molecular formula is C18H22N2O3. The van der Waals surface area contributed by atoms with Crippen LogP contribution in [0.15, 0.2) is 24.3 Å². The Hall–Kier alpha value is -2.17. The first kappa shape index (κ1) is 15.7. The minimum atomic E-state index is -0.211. The minimum absolute atomic E-state index is 0.00254. The molecule has 1 aliphatic carbocycles. The van der Waals surface area contributed by atoms with Crippen LogP contribution in [0, 0.1) is 11.8 Å². The first-order valence-corrected chi connectivity index (χ1v) is 8.27. The van der Waals surface area contributed by atoms with Crippen molar-refractivity contribution in [1.29, 1.82) is 0 Å². The summed E-state index contributed by atoms with van der Waals surface area (Å²) in [6.45, 7) is 3.17. The number of ketones is 1. The summed E-state index contributed by atoms with van der Waals surface area (Å²) in [6.07, 6.45) is 3.97. The minimum Gasteiger partial charge on any atom is -0.342 e. The molecule has 3 rings (SSSR count). The van der Waals surface area contributed by atoms with Crippen molar-refractivity contribution in [3.63, 3.8) is 0 Å². The Labute approximate surface area is 136 Å². The second-order valence-corrected chi connectivity index (χ2v) is 6.46. The quantitative estimate of drug-likeness (QED) is 0.868. The van der Waals surface area contributed by atoms with Gasteiger partial charge in [-0.15, -0.1) is 0 Å². The zero-order chi connectivity index (χ0) is 16.4. The van der Waals surface area contributed by atoms with Gasteiger partial charge in [0.15, 0.2) is 5.78 Å². The summed E-state index contributed by atoms with van der Waals surface area (Å²) in [5.74, 6) is -0.327. The van der Waals surface area contributed by atoms with Crippen LogP contribution in [0.2, 0.25) is 0 Å². The number of benzene rings is 1. The molecule has 1 N–H and O–H groups in total. The monoisotopic (exact) mass is 314 g/mol. The number of piperidine rings is 1. The third-order valence-electron chi connectivity index (χ3n) is 4.67. The number of hydrogen-bond acceptors (Lipinski definition) is 3. The van der Waals surface area contributed by atoms with Gasteiger partial charge >= 0.3 is 0 Å². The Morgan fingerprint density at radius 3 is 2.26 bits per heavy atom. The molecule has 23 heavy (non-hydrogen) atoms. The van der Waals surface area contributed by atoms with E-state index in [2.05, 4.69) is 5.32 Å². The van der Waals surface area contributed by atoms with E-state index in [0.717, 1.165) is 25.9 Å². The van der Waals surface area contributed by atoms with Crippen LogP contribution >= 0.6 is 0 Å². The first-order chi connectivity index (χ1) is 11.1. The Morgan fingerprint density at radius 1 is 1.00 bits per heavy atom. The van der Waals surface area contributed by atoms with Gasteiger partial charge in [0.1, 0.15) is 0 Å². The van der Waals surface area contributed by atoms with Crippen LogP contribution in [0.3, 0.4) is 0 Å². The smallest absolute Gasteiger partial charge is 0.228 e. The Bertz CT molecular complexity index is 618. The third kappa shape index (κ3) is 3.60. The fourth-order valence-electron chi connectivity index (χ4n) is 3.13. The Balaban J connectivity index is 1.53. The summed E-state index contributed by atoms with van der Waals surface area (Å²) in [4.78, 5) is 37.7. The van der Waals surface area contributed by atoms with E-state index in [0.29, 0.717) is 17.7 Å². The second-order valence-electron chi connectivity index (χ2n) is 6.46. The number of carbonyl (C=O) groups excluding carboxylic acids is 3. The average Bonchev–Trinajstić information content (AvgIpc) is 3.36. The predicted octanol–water partition coefficient (Wildman–Crippen LogP) is 2.48. The summed E-state index contributed by atoms with van der Waals surface area (Å²) in [5, 5.41) is 2.84. The van der Waals surface area contributed by atoms with Gasteiger partial charge in [0.05, 0.1) is 11.8 Å². The van der Waals surface area contributed by atoms with E-state index in [1.54, 1.807) is 24.3 Å². The highest BCUT2D eigenvalue weighted by Crippen LogP contribution is 2.41. The summed E-state index contributed by atoms with van der Waals surface area (Å²) < 4.78 is 0. The van der Waals surface area contributed by atoms with Gasteiger partial charge in [-0.2, -0.15) is 0 Å². The molecule has 1 saturated heterocycles. The van der Waals surface area contributed by atoms with Crippen LogP contribution in [0.5, 0.6) is 0 Å². The van der Waals surface area contributed by atoms with Gasteiger partial charge in [-0.25, -0.2) is 0 Å². The van der Waals surface area contributed by atoms with E-state index in [1.807, 2.05) is 4.90 Å². The topological polar surface area (TPSA) is 66.5 Å². The molecule has 5 nitrogen and oxygen atoms in total. The van der Waals surface area contributed by atoms with Gasteiger partial charge in [-0.3, -0.25) is 14.4 Å². The second kappa shape index (κ2) is 6.52. The number of carbonyl (C=O) groups is 3. The normalized spacial score (nSPS) is 23.3.